The van der Waals surface area contributed by atoms with E-state index in [2.05, 4.69) is 37.4 Å². The van der Waals surface area contributed by atoms with E-state index in [0.29, 0.717) is 30.1 Å². The van der Waals surface area contributed by atoms with Crippen molar-refractivity contribution in [1.29, 1.82) is 0 Å². The zero-order valence-corrected chi connectivity index (χ0v) is 23.2. The van der Waals surface area contributed by atoms with E-state index in [1.807, 2.05) is 54.6 Å². The molecule has 39 heavy (non-hydrogen) atoms. The largest absolute Gasteiger partial charge is 0.478 e. The monoisotopic (exact) mass is 523 g/mol. The molecular weight excluding hydrogens is 482 g/mol. The SMILES string of the molecule is C[C@@]12CCC[C@H]1[C@@H]1CC=C3C=C(C(=O)O)C(C(=O)NC(Cc4ccccc4)c4ccccc4)C[C@]3(C)[C@H]1CC2. The molecule has 2 aromatic carbocycles. The minimum Gasteiger partial charge on any atom is -0.478 e. The molecule has 1 amide bonds. The molecule has 4 aliphatic carbocycles. The maximum Gasteiger partial charge on any atom is 0.332 e. The Morgan fingerprint density at radius 1 is 0.974 bits per heavy atom. The summed E-state index contributed by atoms with van der Waals surface area (Å²) in [7, 11) is 0. The third-order valence-electron chi connectivity index (χ3n) is 11.0. The summed E-state index contributed by atoms with van der Waals surface area (Å²) in [6.45, 7) is 4.82. The van der Waals surface area contributed by atoms with Gasteiger partial charge in [0.1, 0.15) is 0 Å². The molecule has 2 saturated carbocycles. The fourth-order valence-electron chi connectivity index (χ4n) is 8.91. The number of fused-ring (bicyclic) bond motifs is 5. The molecule has 0 aromatic heterocycles. The standard InChI is InChI=1S/C35H41NO3/c1-34-18-9-14-29(34)26-16-15-25-21-27(33(38)39)28(22-35(25,2)30(26)17-19-34)32(37)36-31(24-12-7-4-8-13-24)20-23-10-5-3-6-11-23/h3-8,10-13,15,21,26,28-31H,9,14,16-20,22H2,1-2H3,(H,36,37)(H,38,39)/t26-,28?,29-,30-,31?,34-,35-/m0/s1. The Morgan fingerprint density at radius 2 is 1.69 bits per heavy atom. The van der Waals surface area contributed by atoms with E-state index < -0.39 is 11.9 Å². The van der Waals surface area contributed by atoms with Gasteiger partial charge in [-0.1, -0.05) is 87.0 Å². The second-order valence-corrected chi connectivity index (χ2v) is 13.1. The quantitative estimate of drug-likeness (QED) is 0.418. The normalized spacial score (nSPS) is 34.0. The van der Waals surface area contributed by atoms with Crippen LogP contribution in [0.2, 0.25) is 0 Å². The van der Waals surface area contributed by atoms with Crippen LogP contribution >= 0.6 is 0 Å². The van der Waals surface area contributed by atoms with Crippen molar-refractivity contribution in [1.82, 2.24) is 5.32 Å². The van der Waals surface area contributed by atoms with Crippen LogP contribution in [0.1, 0.15) is 76.0 Å². The van der Waals surface area contributed by atoms with Gasteiger partial charge in [-0.2, -0.15) is 0 Å². The lowest BCUT2D eigenvalue weighted by Gasteiger charge is -2.56. The van der Waals surface area contributed by atoms with E-state index >= 15 is 0 Å². The van der Waals surface area contributed by atoms with E-state index in [-0.39, 0.29) is 22.9 Å². The van der Waals surface area contributed by atoms with E-state index in [0.717, 1.165) is 29.0 Å². The molecule has 204 valence electrons. The Hall–Kier alpha value is -3.14. The van der Waals surface area contributed by atoms with Crippen LogP contribution in [0.25, 0.3) is 0 Å². The van der Waals surface area contributed by atoms with Gasteiger partial charge in [-0.25, -0.2) is 4.79 Å². The van der Waals surface area contributed by atoms with Gasteiger partial charge in [-0.3, -0.25) is 4.79 Å². The summed E-state index contributed by atoms with van der Waals surface area (Å²) in [5.41, 5.74) is 3.84. The lowest BCUT2D eigenvalue weighted by molar-refractivity contribution is -0.137. The number of nitrogens with one attached hydrogen (secondary N) is 1. The van der Waals surface area contributed by atoms with Gasteiger partial charge in [-0.15, -0.1) is 0 Å². The van der Waals surface area contributed by atoms with Crippen molar-refractivity contribution in [2.24, 2.45) is 34.5 Å². The first-order valence-electron chi connectivity index (χ1n) is 14.8. The average Bonchev–Trinajstić information content (AvgIpc) is 3.34. The van der Waals surface area contributed by atoms with Crippen LogP contribution in [0, 0.1) is 34.5 Å². The highest BCUT2D eigenvalue weighted by Gasteiger charge is 2.57. The molecule has 0 spiro atoms. The first-order valence-corrected chi connectivity index (χ1v) is 14.8. The molecule has 4 nitrogen and oxygen atoms in total. The van der Waals surface area contributed by atoms with Crippen molar-refractivity contribution in [3.63, 3.8) is 0 Å². The van der Waals surface area contributed by atoms with E-state index in [4.69, 9.17) is 0 Å². The number of carbonyl (C=O) groups excluding carboxylic acids is 1. The second kappa shape index (κ2) is 10.1. The zero-order chi connectivity index (χ0) is 27.2. The number of rotatable bonds is 6. The maximum atomic E-state index is 14.1. The van der Waals surface area contributed by atoms with Crippen molar-refractivity contribution in [3.8, 4) is 0 Å². The van der Waals surface area contributed by atoms with Crippen LogP contribution in [0.5, 0.6) is 0 Å². The number of benzene rings is 2. The summed E-state index contributed by atoms with van der Waals surface area (Å²) in [6.07, 6.45) is 12.9. The molecule has 2 N–H and O–H groups in total. The molecule has 2 fully saturated rings. The highest BCUT2D eigenvalue weighted by atomic mass is 16.4. The summed E-state index contributed by atoms with van der Waals surface area (Å²) in [5, 5.41) is 13.5. The molecule has 6 rings (SSSR count). The number of aliphatic carboxylic acids is 1. The van der Waals surface area contributed by atoms with Gasteiger partial charge in [-0.05, 0) is 96.3 Å². The summed E-state index contributed by atoms with van der Waals surface area (Å²) in [4.78, 5) is 26.6. The third kappa shape index (κ3) is 4.66. The van der Waals surface area contributed by atoms with Crippen LogP contribution in [0.15, 0.2) is 84.0 Å². The highest BCUT2D eigenvalue weighted by molar-refractivity contribution is 5.97. The van der Waals surface area contributed by atoms with Crippen LogP contribution in [-0.4, -0.2) is 17.0 Å². The van der Waals surface area contributed by atoms with Crippen LogP contribution in [0.4, 0.5) is 0 Å². The van der Waals surface area contributed by atoms with Gasteiger partial charge in [0.25, 0.3) is 0 Å². The molecule has 4 aliphatic rings. The number of amides is 1. The molecule has 0 saturated heterocycles. The third-order valence-corrected chi connectivity index (χ3v) is 11.0. The Labute approximate surface area is 232 Å². The smallest absolute Gasteiger partial charge is 0.332 e. The molecular formula is C35H41NO3. The molecule has 0 aliphatic heterocycles. The van der Waals surface area contributed by atoms with Crippen molar-refractivity contribution in [2.75, 3.05) is 0 Å². The molecule has 4 heteroatoms. The van der Waals surface area contributed by atoms with Crippen molar-refractivity contribution >= 4 is 11.9 Å². The Balaban J connectivity index is 1.30. The molecule has 0 radical (unpaired) electrons. The van der Waals surface area contributed by atoms with Crippen LogP contribution in [0.3, 0.4) is 0 Å². The van der Waals surface area contributed by atoms with Crippen molar-refractivity contribution < 1.29 is 14.7 Å². The number of carboxylic acid groups (broad SMARTS) is 1. The van der Waals surface area contributed by atoms with Gasteiger partial charge in [0.15, 0.2) is 0 Å². The lowest BCUT2D eigenvalue weighted by Crippen LogP contribution is -2.50. The van der Waals surface area contributed by atoms with Gasteiger partial charge < -0.3 is 10.4 Å². The Morgan fingerprint density at radius 3 is 2.41 bits per heavy atom. The average molecular weight is 524 g/mol. The molecule has 7 atom stereocenters. The van der Waals surface area contributed by atoms with Gasteiger partial charge in [0.05, 0.1) is 12.0 Å². The van der Waals surface area contributed by atoms with Gasteiger partial charge in [0.2, 0.25) is 5.91 Å². The first kappa shape index (κ1) is 26.1. The summed E-state index contributed by atoms with van der Waals surface area (Å²) < 4.78 is 0. The number of carboxylic acids is 1. The minimum atomic E-state index is -0.980. The fourth-order valence-corrected chi connectivity index (χ4v) is 8.91. The predicted octanol–water partition coefficient (Wildman–Crippen LogP) is 7.29. The number of hydrogen-bond donors (Lipinski definition) is 2. The van der Waals surface area contributed by atoms with Crippen LogP contribution in [-0.2, 0) is 16.0 Å². The summed E-state index contributed by atoms with van der Waals surface area (Å²) in [6, 6.07) is 20.0. The second-order valence-electron chi connectivity index (χ2n) is 13.1. The van der Waals surface area contributed by atoms with E-state index in [1.54, 1.807) is 0 Å². The maximum absolute atomic E-state index is 14.1. The summed E-state index contributed by atoms with van der Waals surface area (Å²) >= 11 is 0. The predicted molar refractivity (Wildman–Crippen MR) is 154 cm³/mol. The van der Waals surface area contributed by atoms with Crippen molar-refractivity contribution in [2.45, 2.75) is 71.3 Å². The zero-order valence-electron chi connectivity index (χ0n) is 23.2. The first-order chi connectivity index (χ1) is 18.8. The number of carbonyl (C=O) groups is 2. The number of allylic oxidation sites excluding steroid dienone is 3. The molecule has 2 aromatic rings. The van der Waals surface area contributed by atoms with E-state index in [1.165, 1.54) is 32.1 Å². The lowest BCUT2D eigenvalue weighted by atomic mass is 9.48. The Bertz CT molecular complexity index is 1300. The van der Waals surface area contributed by atoms with Gasteiger partial charge >= 0.3 is 5.97 Å². The number of hydrogen-bond acceptors (Lipinski definition) is 2. The van der Waals surface area contributed by atoms with Gasteiger partial charge in [0, 0.05) is 5.57 Å². The van der Waals surface area contributed by atoms with E-state index in [9.17, 15) is 14.7 Å². The molecule has 2 unspecified atom stereocenters. The van der Waals surface area contributed by atoms with Crippen LogP contribution < -0.4 is 5.32 Å². The topological polar surface area (TPSA) is 66.4 Å². The summed E-state index contributed by atoms with van der Waals surface area (Å²) in [5.74, 6) is 0.0750. The minimum absolute atomic E-state index is 0.169. The molecule has 0 heterocycles. The fraction of sp³-hybridized carbons (Fsp3) is 0.486. The highest BCUT2D eigenvalue weighted by Crippen LogP contribution is 2.65. The Kier molecular flexibility index (Phi) is 6.77. The molecule has 0 bridgehead atoms. The van der Waals surface area contributed by atoms with Crippen molar-refractivity contribution in [3.05, 3.63) is 95.1 Å².